The lowest BCUT2D eigenvalue weighted by Gasteiger charge is -2.22. The molecule has 0 saturated carbocycles. The van der Waals surface area contributed by atoms with Crippen LogP contribution >= 0.6 is 0 Å². The second-order valence-electron chi connectivity index (χ2n) is 10.7. The number of carbonyl (C=O) groups is 3. The number of amides is 2. The normalized spacial score (nSPS) is 16.8. The Bertz CT molecular complexity index is 1920. The topological polar surface area (TPSA) is 139 Å². The monoisotopic (exact) mass is 610 g/mol. The summed E-state index contributed by atoms with van der Waals surface area (Å²) in [5.74, 6) is -1.50. The van der Waals surface area contributed by atoms with Gasteiger partial charge in [0, 0.05) is 24.5 Å². The van der Waals surface area contributed by atoms with E-state index in [4.69, 9.17) is 4.42 Å². The van der Waals surface area contributed by atoms with Crippen molar-refractivity contribution >= 4 is 49.4 Å². The molecule has 10 nitrogen and oxygen atoms in total. The Morgan fingerprint density at radius 3 is 2.45 bits per heavy atom. The number of benzene rings is 3. The highest BCUT2D eigenvalue weighted by atomic mass is 32.2. The van der Waals surface area contributed by atoms with Gasteiger partial charge in [0.25, 0.3) is 15.9 Å². The first kappa shape index (κ1) is 29.2. The highest BCUT2D eigenvalue weighted by molar-refractivity contribution is 7.89. The summed E-state index contributed by atoms with van der Waals surface area (Å²) in [6.07, 6.45) is 2.14. The van der Waals surface area contributed by atoms with Crippen molar-refractivity contribution in [3.8, 4) is 0 Å². The third-order valence-electron chi connectivity index (χ3n) is 7.70. The molecule has 1 saturated heterocycles. The van der Waals surface area contributed by atoms with Crippen LogP contribution in [-0.2, 0) is 26.0 Å². The standard InChI is InChI=1S/C33H30N4O6S/c38-28-21-37(44(41,42)31-13-5-6-16-34-31)17-7-11-26(28)35-32(39)27(19-22-14-15-23-8-1-2-9-24(23)18-22)36-33(40)30-20-25-10-3-4-12-29(25)43-30/h1-6,8-10,12-16,18,20,26-27H,7,11,17,19,21H2,(H,35,39)(H,36,40). The van der Waals surface area contributed by atoms with Gasteiger partial charge in [0.2, 0.25) is 5.91 Å². The summed E-state index contributed by atoms with van der Waals surface area (Å²) in [7, 11) is -3.98. The Morgan fingerprint density at radius 1 is 0.932 bits per heavy atom. The highest BCUT2D eigenvalue weighted by Gasteiger charge is 2.35. The van der Waals surface area contributed by atoms with Crippen molar-refractivity contribution in [2.24, 2.45) is 0 Å². The first-order chi connectivity index (χ1) is 21.3. The molecule has 11 heteroatoms. The fraction of sp³-hybridized carbons (Fsp3) is 0.212. The molecule has 6 rings (SSSR count). The number of furan rings is 1. The van der Waals surface area contributed by atoms with E-state index in [9.17, 15) is 22.8 Å². The lowest BCUT2D eigenvalue weighted by molar-refractivity contribution is -0.128. The van der Waals surface area contributed by atoms with Gasteiger partial charge in [-0.3, -0.25) is 14.4 Å². The molecule has 2 N–H and O–H groups in total. The summed E-state index contributed by atoms with van der Waals surface area (Å²) in [6.45, 7) is -0.287. The fourth-order valence-electron chi connectivity index (χ4n) is 5.39. The number of aromatic nitrogens is 1. The maximum atomic E-state index is 13.7. The zero-order valence-corrected chi connectivity index (χ0v) is 24.5. The van der Waals surface area contributed by atoms with E-state index < -0.39 is 46.2 Å². The van der Waals surface area contributed by atoms with Gasteiger partial charge in [0.15, 0.2) is 16.6 Å². The number of hydrogen-bond acceptors (Lipinski definition) is 7. The van der Waals surface area contributed by atoms with E-state index in [0.717, 1.165) is 26.0 Å². The summed E-state index contributed by atoms with van der Waals surface area (Å²) in [5.41, 5.74) is 1.36. The summed E-state index contributed by atoms with van der Waals surface area (Å²) < 4.78 is 33.0. The molecule has 2 aromatic heterocycles. The van der Waals surface area contributed by atoms with E-state index in [1.807, 2.05) is 54.6 Å². The van der Waals surface area contributed by atoms with E-state index in [1.165, 1.54) is 12.3 Å². The smallest absolute Gasteiger partial charge is 0.287 e. The maximum Gasteiger partial charge on any atom is 0.287 e. The van der Waals surface area contributed by atoms with Crippen molar-refractivity contribution in [1.82, 2.24) is 19.9 Å². The average Bonchev–Trinajstić information content (AvgIpc) is 3.39. The van der Waals surface area contributed by atoms with Crippen LogP contribution in [0.25, 0.3) is 21.7 Å². The molecule has 1 aliphatic heterocycles. The van der Waals surface area contributed by atoms with Crippen LogP contribution in [0.1, 0.15) is 29.0 Å². The van der Waals surface area contributed by atoms with Gasteiger partial charge in [-0.05, 0) is 53.4 Å². The number of pyridine rings is 1. The minimum absolute atomic E-state index is 0.0587. The van der Waals surface area contributed by atoms with E-state index in [2.05, 4.69) is 15.6 Å². The average molecular weight is 611 g/mol. The summed E-state index contributed by atoms with van der Waals surface area (Å²) in [4.78, 5) is 44.2. The van der Waals surface area contributed by atoms with Gasteiger partial charge < -0.3 is 15.1 Å². The predicted octanol–water partition coefficient (Wildman–Crippen LogP) is 3.86. The van der Waals surface area contributed by atoms with Crippen LogP contribution < -0.4 is 10.6 Å². The molecule has 1 aliphatic rings. The van der Waals surface area contributed by atoms with Crippen molar-refractivity contribution in [2.45, 2.75) is 36.4 Å². The van der Waals surface area contributed by atoms with Gasteiger partial charge in [-0.1, -0.05) is 66.7 Å². The van der Waals surface area contributed by atoms with E-state index in [0.29, 0.717) is 12.0 Å². The van der Waals surface area contributed by atoms with Crippen molar-refractivity contribution in [3.05, 3.63) is 109 Å². The second-order valence-corrected chi connectivity index (χ2v) is 12.6. The third-order valence-corrected chi connectivity index (χ3v) is 9.47. The van der Waals surface area contributed by atoms with E-state index in [1.54, 1.807) is 30.3 Å². The number of fused-ring (bicyclic) bond motifs is 2. The van der Waals surface area contributed by atoms with Crippen LogP contribution in [0, 0.1) is 0 Å². The number of rotatable bonds is 8. The van der Waals surface area contributed by atoms with Crippen molar-refractivity contribution < 1.29 is 27.2 Å². The molecule has 3 heterocycles. The molecule has 0 radical (unpaired) electrons. The third kappa shape index (κ3) is 6.24. The van der Waals surface area contributed by atoms with Gasteiger partial charge >= 0.3 is 0 Å². The molecule has 0 bridgehead atoms. The van der Waals surface area contributed by atoms with Crippen LogP contribution in [0.5, 0.6) is 0 Å². The lowest BCUT2D eigenvalue weighted by Crippen LogP contribution is -2.53. The summed E-state index contributed by atoms with van der Waals surface area (Å²) >= 11 is 0. The number of sulfonamides is 1. The molecule has 5 aromatic rings. The molecule has 1 fully saturated rings. The lowest BCUT2D eigenvalue weighted by atomic mass is 10.00. The van der Waals surface area contributed by atoms with Crippen LogP contribution in [0.15, 0.2) is 107 Å². The number of hydrogen-bond donors (Lipinski definition) is 2. The first-order valence-electron chi connectivity index (χ1n) is 14.3. The molecule has 44 heavy (non-hydrogen) atoms. The van der Waals surface area contributed by atoms with E-state index >= 15 is 0 Å². The van der Waals surface area contributed by atoms with Gasteiger partial charge in [-0.25, -0.2) is 13.4 Å². The van der Waals surface area contributed by atoms with Crippen molar-refractivity contribution in [3.63, 3.8) is 0 Å². The Balaban J connectivity index is 1.21. The molecule has 3 aromatic carbocycles. The highest BCUT2D eigenvalue weighted by Crippen LogP contribution is 2.21. The molecule has 2 atom stereocenters. The number of ketones is 1. The molecule has 224 valence electrons. The second kappa shape index (κ2) is 12.4. The molecule has 2 unspecified atom stereocenters. The van der Waals surface area contributed by atoms with Gasteiger partial charge in [0.1, 0.15) is 11.6 Å². The molecule has 0 aliphatic carbocycles. The molecular formula is C33H30N4O6S. The largest absolute Gasteiger partial charge is 0.451 e. The maximum absolute atomic E-state index is 13.7. The van der Waals surface area contributed by atoms with Gasteiger partial charge in [0.05, 0.1) is 12.6 Å². The number of nitrogens with one attached hydrogen (secondary N) is 2. The zero-order valence-electron chi connectivity index (χ0n) is 23.7. The van der Waals surface area contributed by atoms with Crippen LogP contribution in [-0.4, -0.2) is 60.5 Å². The minimum Gasteiger partial charge on any atom is -0.451 e. The van der Waals surface area contributed by atoms with Crippen LogP contribution in [0.2, 0.25) is 0 Å². The Morgan fingerprint density at radius 2 is 1.68 bits per heavy atom. The van der Waals surface area contributed by atoms with Crippen LogP contribution in [0.3, 0.4) is 0 Å². The zero-order chi connectivity index (χ0) is 30.7. The number of nitrogens with zero attached hydrogens (tertiary/aromatic N) is 2. The Hall–Kier alpha value is -4.87. The Labute approximate surface area is 254 Å². The molecule has 2 amide bonds. The Kier molecular flexibility index (Phi) is 8.23. The van der Waals surface area contributed by atoms with Crippen LogP contribution in [0.4, 0.5) is 0 Å². The van der Waals surface area contributed by atoms with Crippen molar-refractivity contribution in [1.29, 1.82) is 0 Å². The van der Waals surface area contributed by atoms with E-state index in [-0.39, 0.29) is 30.2 Å². The van der Waals surface area contributed by atoms with Gasteiger partial charge in [-0.15, -0.1) is 0 Å². The first-order valence-corrected chi connectivity index (χ1v) is 15.7. The number of para-hydroxylation sites is 1. The molecular weight excluding hydrogens is 580 g/mol. The number of Topliss-reactive ketones (excluding diaryl/α,β-unsaturated/α-hetero) is 1. The minimum atomic E-state index is -3.98. The fourth-order valence-corrected chi connectivity index (χ4v) is 6.77. The summed E-state index contributed by atoms with van der Waals surface area (Å²) in [5, 5.41) is 8.22. The van der Waals surface area contributed by atoms with Crippen molar-refractivity contribution in [2.75, 3.05) is 13.1 Å². The quantitative estimate of drug-likeness (QED) is 0.272. The summed E-state index contributed by atoms with van der Waals surface area (Å²) in [6, 6.07) is 25.0. The van der Waals surface area contributed by atoms with Gasteiger partial charge in [-0.2, -0.15) is 4.31 Å². The predicted molar refractivity (Wildman–Crippen MR) is 164 cm³/mol. The molecule has 0 spiro atoms. The SMILES string of the molecule is O=C(NC(Cc1ccc2ccccc2c1)C(=O)NC1CCCN(S(=O)(=O)c2ccccn2)CC1=O)c1cc2ccccc2o1. The number of carbonyl (C=O) groups excluding carboxylic acids is 3.